The molecule has 1 N–H and O–H groups in total. The monoisotopic (exact) mass is 372 g/mol. The van der Waals surface area contributed by atoms with Gasteiger partial charge in [0.2, 0.25) is 0 Å². The Morgan fingerprint density at radius 2 is 1.84 bits per heavy atom. The number of fused-ring (bicyclic) bond motifs is 1. The summed E-state index contributed by atoms with van der Waals surface area (Å²) in [4.78, 5) is 6.93. The van der Waals surface area contributed by atoms with Gasteiger partial charge in [-0.15, -0.1) is 0 Å². The van der Waals surface area contributed by atoms with Crippen LogP contribution in [-0.4, -0.2) is 9.97 Å². The van der Waals surface area contributed by atoms with Crippen molar-refractivity contribution in [2.45, 2.75) is 0 Å². The van der Waals surface area contributed by atoms with Gasteiger partial charge in [0.1, 0.15) is 5.52 Å². The first kappa shape index (κ1) is 12.3. The molecule has 0 aliphatic rings. The normalized spacial score (nSPS) is 10.9. The maximum Gasteiger partial charge on any atom is 0.193 e. The van der Waals surface area contributed by atoms with E-state index in [-0.39, 0.29) is 17.0 Å². The van der Waals surface area contributed by atoms with E-state index in [9.17, 15) is 8.78 Å². The average molecular weight is 372 g/mol. The molecule has 0 bridgehead atoms. The van der Waals surface area contributed by atoms with E-state index in [0.29, 0.717) is 9.35 Å². The quantitative estimate of drug-likeness (QED) is 0.684. The molecule has 6 heteroatoms. The molecule has 0 amide bonds. The molecule has 3 nitrogen and oxygen atoms in total. The van der Waals surface area contributed by atoms with E-state index in [1.165, 1.54) is 24.3 Å². The third kappa shape index (κ3) is 2.27. The minimum atomic E-state index is -0.611. The summed E-state index contributed by atoms with van der Waals surface area (Å²) in [5.74, 6) is -1.23. The maximum absolute atomic E-state index is 14.2. The van der Waals surface area contributed by atoms with Crippen molar-refractivity contribution in [1.82, 2.24) is 9.97 Å². The fourth-order valence-corrected chi connectivity index (χ4v) is 2.25. The molecule has 0 fully saturated rings. The summed E-state index contributed by atoms with van der Waals surface area (Å²) in [6.07, 6.45) is 0. The van der Waals surface area contributed by atoms with Gasteiger partial charge in [-0.25, -0.2) is 13.8 Å². The first-order valence-electron chi connectivity index (χ1n) is 5.41. The Hall–Kier alpha value is -1.70. The topological polar surface area (TPSA) is 37.9 Å². The van der Waals surface area contributed by atoms with Gasteiger partial charge < -0.3 is 9.72 Å². The lowest BCUT2D eigenvalue weighted by Crippen LogP contribution is -1.91. The lowest BCUT2D eigenvalue weighted by Gasteiger charge is -2.07. The number of rotatable bonds is 2. The first-order chi connectivity index (χ1) is 9.15. The van der Waals surface area contributed by atoms with Crippen LogP contribution >= 0.6 is 22.6 Å². The smallest absolute Gasteiger partial charge is 0.193 e. The maximum atomic E-state index is 14.2. The van der Waals surface area contributed by atoms with Crippen LogP contribution in [0.4, 0.5) is 8.78 Å². The molecule has 0 saturated carbocycles. The average Bonchev–Trinajstić information content (AvgIpc) is 2.77. The van der Waals surface area contributed by atoms with Crippen LogP contribution in [0.15, 0.2) is 36.4 Å². The highest BCUT2D eigenvalue weighted by molar-refractivity contribution is 14.1. The van der Waals surface area contributed by atoms with Crippen molar-refractivity contribution < 1.29 is 13.5 Å². The molecule has 96 valence electrons. The van der Waals surface area contributed by atoms with Crippen molar-refractivity contribution in [3.8, 4) is 11.5 Å². The van der Waals surface area contributed by atoms with Gasteiger partial charge in [0, 0.05) is 0 Å². The highest BCUT2D eigenvalue weighted by Crippen LogP contribution is 2.30. The molecule has 1 aromatic heterocycles. The Kier molecular flexibility index (Phi) is 3.09. The molecule has 0 unspecified atom stereocenters. The van der Waals surface area contributed by atoms with Crippen molar-refractivity contribution in [2.24, 2.45) is 0 Å². The number of H-pyrrole nitrogens is 1. The van der Waals surface area contributed by atoms with Crippen LogP contribution in [0, 0.1) is 15.5 Å². The van der Waals surface area contributed by atoms with Crippen LogP contribution in [0.2, 0.25) is 0 Å². The van der Waals surface area contributed by atoms with E-state index in [4.69, 9.17) is 4.74 Å². The lowest BCUT2D eigenvalue weighted by atomic mass is 10.2. The molecular formula is C13H7F2IN2O. The zero-order valence-electron chi connectivity index (χ0n) is 9.45. The molecule has 0 saturated heterocycles. The number of benzene rings is 2. The molecule has 19 heavy (non-hydrogen) atoms. The molecule has 0 radical (unpaired) electrons. The number of nitrogens with zero attached hydrogens (tertiary/aromatic N) is 1. The van der Waals surface area contributed by atoms with Gasteiger partial charge in [-0.05, 0) is 46.9 Å². The highest BCUT2D eigenvalue weighted by atomic mass is 127. The highest BCUT2D eigenvalue weighted by Gasteiger charge is 2.14. The van der Waals surface area contributed by atoms with E-state index in [0.717, 1.165) is 0 Å². The number of imidazole rings is 1. The number of hydrogen-bond acceptors (Lipinski definition) is 2. The van der Waals surface area contributed by atoms with Crippen LogP contribution < -0.4 is 4.74 Å². The number of nitrogens with one attached hydrogen (secondary N) is 1. The standard InChI is InChI=1S/C13H7F2IN2O/c14-7-3-1-2-4-9(7)19-10-6-5-8-12(11(10)15)18-13(16)17-8/h1-6H,(H,17,18). The number of hydrogen-bond donors (Lipinski definition) is 1. The second-order valence-corrected chi connectivity index (χ2v) is 4.86. The molecule has 0 aliphatic heterocycles. The summed E-state index contributed by atoms with van der Waals surface area (Å²) in [7, 11) is 0. The van der Waals surface area contributed by atoms with Gasteiger partial charge in [0.25, 0.3) is 0 Å². The van der Waals surface area contributed by atoms with Crippen molar-refractivity contribution in [1.29, 1.82) is 0 Å². The molecule has 1 heterocycles. The van der Waals surface area contributed by atoms with E-state index in [1.54, 1.807) is 12.1 Å². The number of aromatic amines is 1. The third-order valence-corrected chi connectivity index (χ3v) is 3.10. The van der Waals surface area contributed by atoms with Crippen LogP contribution in [0.1, 0.15) is 0 Å². The molecule has 2 aromatic carbocycles. The Morgan fingerprint density at radius 3 is 2.63 bits per heavy atom. The Labute approximate surface area is 120 Å². The van der Waals surface area contributed by atoms with Gasteiger partial charge in [-0.2, -0.15) is 0 Å². The Bertz CT molecular complexity index is 757. The Balaban J connectivity index is 2.06. The van der Waals surface area contributed by atoms with Gasteiger partial charge >= 0.3 is 0 Å². The van der Waals surface area contributed by atoms with E-state index in [2.05, 4.69) is 9.97 Å². The number of halogens is 3. The minimum absolute atomic E-state index is 0.0222. The summed E-state index contributed by atoms with van der Waals surface area (Å²) >= 11 is 1.96. The van der Waals surface area contributed by atoms with Gasteiger partial charge in [-0.1, -0.05) is 12.1 Å². The third-order valence-electron chi connectivity index (χ3n) is 2.59. The van der Waals surface area contributed by atoms with Gasteiger partial charge in [0.05, 0.1) is 5.52 Å². The summed E-state index contributed by atoms with van der Waals surface area (Å²) in [5.41, 5.74) is 0.751. The van der Waals surface area contributed by atoms with E-state index >= 15 is 0 Å². The van der Waals surface area contributed by atoms with Gasteiger partial charge in [-0.3, -0.25) is 0 Å². The summed E-state index contributed by atoms with van der Waals surface area (Å²) in [6.45, 7) is 0. The van der Waals surface area contributed by atoms with Crippen molar-refractivity contribution in [3.05, 3.63) is 51.9 Å². The fraction of sp³-hybridized carbons (Fsp3) is 0. The number of ether oxygens (including phenoxy) is 1. The second-order valence-electron chi connectivity index (χ2n) is 3.83. The molecule has 0 spiro atoms. The van der Waals surface area contributed by atoms with Crippen molar-refractivity contribution in [3.63, 3.8) is 0 Å². The minimum Gasteiger partial charge on any atom is -0.451 e. The van der Waals surface area contributed by atoms with Crippen LogP contribution in [0.5, 0.6) is 11.5 Å². The zero-order valence-corrected chi connectivity index (χ0v) is 11.6. The second kappa shape index (κ2) is 4.76. The largest absolute Gasteiger partial charge is 0.451 e. The van der Waals surface area contributed by atoms with Gasteiger partial charge in [0.15, 0.2) is 27.0 Å². The van der Waals surface area contributed by atoms with Crippen LogP contribution in [0.3, 0.4) is 0 Å². The first-order valence-corrected chi connectivity index (χ1v) is 6.49. The molecule has 0 aliphatic carbocycles. The summed E-state index contributed by atoms with van der Waals surface area (Å²) < 4.78 is 33.5. The fourth-order valence-electron chi connectivity index (χ4n) is 1.72. The van der Waals surface area contributed by atoms with Crippen LogP contribution in [-0.2, 0) is 0 Å². The molecule has 0 atom stereocenters. The predicted octanol–water partition coefficient (Wildman–Crippen LogP) is 4.24. The van der Waals surface area contributed by atoms with Crippen LogP contribution in [0.25, 0.3) is 11.0 Å². The van der Waals surface area contributed by atoms with E-state index in [1.807, 2.05) is 22.6 Å². The predicted molar refractivity (Wildman–Crippen MR) is 75.2 cm³/mol. The lowest BCUT2D eigenvalue weighted by molar-refractivity contribution is 0.417. The van der Waals surface area contributed by atoms with Crippen molar-refractivity contribution >= 4 is 33.6 Å². The molecule has 3 aromatic rings. The SMILES string of the molecule is Fc1ccccc1Oc1ccc2[nH]c(I)nc2c1F. The zero-order chi connectivity index (χ0) is 13.4. The molecular weight excluding hydrogens is 365 g/mol. The summed E-state index contributed by atoms with van der Waals surface area (Å²) in [6, 6.07) is 8.93. The number of para-hydroxylation sites is 1. The molecule has 3 rings (SSSR count). The van der Waals surface area contributed by atoms with Crippen molar-refractivity contribution in [2.75, 3.05) is 0 Å². The Morgan fingerprint density at radius 1 is 1.05 bits per heavy atom. The van der Waals surface area contributed by atoms with E-state index < -0.39 is 11.6 Å². The summed E-state index contributed by atoms with van der Waals surface area (Å²) in [5, 5.41) is 0. The number of aromatic nitrogens is 2.